The van der Waals surface area contributed by atoms with E-state index in [0.717, 1.165) is 19.4 Å². The molecule has 2 unspecified atom stereocenters. The molecule has 0 aromatic heterocycles. The van der Waals surface area contributed by atoms with Crippen molar-refractivity contribution >= 4 is 0 Å². The first-order valence-corrected chi connectivity index (χ1v) is 5.00. The van der Waals surface area contributed by atoms with Gasteiger partial charge in [-0.1, -0.05) is 18.1 Å². The van der Waals surface area contributed by atoms with E-state index in [-0.39, 0.29) is 5.92 Å². The van der Waals surface area contributed by atoms with Crippen LogP contribution in [0.3, 0.4) is 0 Å². The second-order valence-electron chi connectivity index (χ2n) is 3.96. The molecule has 0 saturated heterocycles. The van der Waals surface area contributed by atoms with Gasteiger partial charge >= 0.3 is 0 Å². The third kappa shape index (κ3) is 3.20. The van der Waals surface area contributed by atoms with Crippen LogP contribution in [0.4, 0.5) is 0 Å². The molecular formula is C11H18N2. The Kier molecular flexibility index (Phi) is 3.98. The molecule has 2 heteroatoms. The minimum absolute atomic E-state index is 0.241. The standard InChI is InChI=1S/C11H18N2/c1-9(2)6-7-13-11-5-3-4-10(11)8-12/h6,10-11,13H,3-5,7H2,1-2H3. The molecule has 1 N–H and O–H groups in total. The zero-order valence-electron chi connectivity index (χ0n) is 8.51. The summed E-state index contributed by atoms with van der Waals surface area (Å²) in [7, 11) is 0. The van der Waals surface area contributed by atoms with Gasteiger partial charge in [0.15, 0.2) is 0 Å². The van der Waals surface area contributed by atoms with E-state index < -0.39 is 0 Å². The Labute approximate surface area is 80.6 Å². The van der Waals surface area contributed by atoms with Crippen LogP contribution in [-0.2, 0) is 0 Å². The summed E-state index contributed by atoms with van der Waals surface area (Å²) in [4.78, 5) is 0. The Hall–Kier alpha value is -0.810. The fourth-order valence-corrected chi connectivity index (χ4v) is 1.77. The molecule has 2 nitrogen and oxygen atoms in total. The molecule has 13 heavy (non-hydrogen) atoms. The van der Waals surface area contributed by atoms with Gasteiger partial charge in [-0.2, -0.15) is 5.26 Å². The van der Waals surface area contributed by atoms with Crippen molar-refractivity contribution in [1.82, 2.24) is 5.32 Å². The molecule has 0 aromatic carbocycles. The Morgan fingerprint density at radius 2 is 2.31 bits per heavy atom. The predicted molar refractivity (Wildman–Crippen MR) is 54.2 cm³/mol. The van der Waals surface area contributed by atoms with Crippen LogP contribution in [0.15, 0.2) is 11.6 Å². The molecule has 1 rings (SSSR count). The fraction of sp³-hybridized carbons (Fsp3) is 0.727. The molecule has 0 aromatic rings. The molecule has 1 aliphatic carbocycles. The van der Waals surface area contributed by atoms with Crippen molar-refractivity contribution in [2.24, 2.45) is 5.92 Å². The lowest BCUT2D eigenvalue weighted by Crippen LogP contribution is -2.31. The van der Waals surface area contributed by atoms with Crippen LogP contribution in [0.1, 0.15) is 33.1 Å². The Morgan fingerprint density at radius 1 is 1.54 bits per heavy atom. The first kappa shape index (κ1) is 10.3. The Morgan fingerprint density at radius 3 is 2.92 bits per heavy atom. The normalized spacial score (nSPS) is 26.8. The van der Waals surface area contributed by atoms with Gasteiger partial charge in [0.25, 0.3) is 0 Å². The predicted octanol–water partition coefficient (Wildman–Crippen LogP) is 2.23. The first-order chi connectivity index (χ1) is 6.24. The lowest BCUT2D eigenvalue weighted by atomic mass is 10.1. The van der Waals surface area contributed by atoms with Crippen molar-refractivity contribution in [3.05, 3.63) is 11.6 Å². The molecule has 72 valence electrons. The third-order valence-electron chi connectivity index (χ3n) is 2.57. The van der Waals surface area contributed by atoms with E-state index in [2.05, 4.69) is 31.3 Å². The van der Waals surface area contributed by atoms with Crippen LogP contribution in [0.2, 0.25) is 0 Å². The molecule has 0 radical (unpaired) electrons. The summed E-state index contributed by atoms with van der Waals surface area (Å²) in [5, 5.41) is 12.3. The number of nitrogens with zero attached hydrogens (tertiary/aromatic N) is 1. The molecule has 0 aliphatic heterocycles. The van der Waals surface area contributed by atoms with E-state index in [4.69, 9.17) is 5.26 Å². The quantitative estimate of drug-likeness (QED) is 0.673. The van der Waals surface area contributed by atoms with E-state index in [1.54, 1.807) is 0 Å². The molecule has 1 fully saturated rings. The number of nitrogens with one attached hydrogen (secondary N) is 1. The van der Waals surface area contributed by atoms with E-state index in [1.807, 2.05) is 0 Å². The van der Waals surface area contributed by atoms with Crippen LogP contribution in [-0.4, -0.2) is 12.6 Å². The van der Waals surface area contributed by atoms with Crippen LogP contribution < -0.4 is 5.32 Å². The highest BCUT2D eigenvalue weighted by atomic mass is 14.9. The Bertz CT molecular complexity index is 221. The summed E-state index contributed by atoms with van der Waals surface area (Å²) in [6, 6.07) is 2.80. The zero-order chi connectivity index (χ0) is 9.68. The minimum atomic E-state index is 0.241. The van der Waals surface area contributed by atoms with Crippen molar-refractivity contribution in [1.29, 1.82) is 5.26 Å². The van der Waals surface area contributed by atoms with Crippen molar-refractivity contribution < 1.29 is 0 Å². The molecule has 2 atom stereocenters. The fourth-order valence-electron chi connectivity index (χ4n) is 1.77. The van der Waals surface area contributed by atoms with Gasteiger partial charge in [-0.25, -0.2) is 0 Å². The van der Waals surface area contributed by atoms with Gasteiger partial charge in [-0.05, 0) is 26.7 Å². The summed E-state index contributed by atoms with van der Waals surface area (Å²) in [5.74, 6) is 0.241. The Balaban J connectivity index is 2.29. The summed E-state index contributed by atoms with van der Waals surface area (Å²) < 4.78 is 0. The minimum Gasteiger partial charge on any atom is -0.309 e. The van der Waals surface area contributed by atoms with E-state index in [0.29, 0.717) is 6.04 Å². The van der Waals surface area contributed by atoms with Gasteiger partial charge in [0.05, 0.1) is 12.0 Å². The van der Waals surface area contributed by atoms with Crippen LogP contribution >= 0.6 is 0 Å². The summed E-state index contributed by atoms with van der Waals surface area (Å²) >= 11 is 0. The maximum atomic E-state index is 8.84. The molecular weight excluding hydrogens is 160 g/mol. The van der Waals surface area contributed by atoms with Crippen LogP contribution in [0.5, 0.6) is 0 Å². The summed E-state index contributed by atoms with van der Waals surface area (Å²) in [6.45, 7) is 5.10. The van der Waals surface area contributed by atoms with Crippen LogP contribution in [0, 0.1) is 17.2 Å². The zero-order valence-corrected chi connectivity index (χ0v) is 8.51. The molecule has 0 heterocycles. The van der Waals surface area contributed by atoms with Crippen molar-refractivity contribution in [2.75, 3.05) is 6.54 Å². The van der Waals surface area contributed by atoms with Gasteiger partial charge in [-0.3, -0.25) is 0 Å². The third-order valence-corrected chi connectivity index (χ3v) is 2.57. The molecule has 0 bridgehead atoms. The first-order valence-electron chi connectivity index (χ1n) is 5.00. The monoisotopic (exact) mass is 178 g/mol. The van der Waals surface area contributed by atoms with Gasteiger partial charge in [0.1, 0.15) is 0 Å². The highest BCUT2D eigenvalue weighted by molar-refractivity contribution is 4.99. The van der Waals surface area contributed by atoms with E-state index >= 15 is 0 Å². The smallest absolute Gasteiger partial charge is 0.0672 e. The highest BCUT2D eigenvalue weighted by Crippen LogP contribution is 2.24. The summed E-state index contributed by atoms with van der Waals surface area (Å²) in [6.07, 6.45) is 5.61. The summed E-state index contributed by atoms with van der Waals surface area (Å²) in [5.41, 5.74) is 1.33. The average molecular weight is 178 g/mol. The molecule has 1 saturated carbocycles. The number of nitriles is 1. The lowest BCUT2D eigenvalue weighted by molar-refractivity contribution is 0.488. The van der Waals surface area contributed by atoms with Gasteiger partial charge in [-0.15, -0.1) is 0 Å². The molecule has 0 amide bonds. The highest BCUT2D eigenvalue weighted by Gasteiger charge is 2.25. The largest absolute Gasteiger partial charge is 0.309 e. The second-order valence-corrected chi connectivity index (χ2v) is 3.96. The SMILES string of the molecule is CC(C)=CCNC1CCCC1C#N. The average Bonchev–Trinajstić information content (AvgIpc) is 2.51. The van der Waals surface area contributed by atoms with Crippen molar-refractivity contribution in [2.45, 2.75) is 39.2 Å². The van der Waals surface area contributed by atoms with Gasteiger partial charge in [0.2, 0.25) is 0 Å². The molecule has 1 aliphatic rings. The number of hydrogen-bond acceptors (Lipinski definition) is 2. The van der Waals surface area contributed by atoms with E-state index in [9.17, 15) is 0 Å². The molecule has 0 spiro atoms. The maximum absolute atomic E-state index is 8.84. The lowest BCUT2D eigenvalue weighted by Gasteiger charge is -2.13. The number of rotatable bonds is 3. The van der Waals surface area contributed by atoms with E-state index in [1.165, 1.54) is 12.0 Å². The topological polar surface area (TPSA) is 35.8 Å². The van der Waals surface area contributed by atoms with Crippen molar-refractivity contribution in [3.63, 3.8) is 0 Å². The number of allylic oxidation sites excluding steroid dienone is 1. The van der Waals surface area contributed by atoms with Crippen LogP contribution in [0.25, 0.3) is 0 Å². The van der Waals surface area contributed by atoms with Gasteiger partial charge in [0, 0.05) is 12.6 Å². The maximum Gasteiger partial charge on any atom is 0.0672 e. The van der Waals surface area contributed by atoms with Gasteiger partial charge < -0.3 is 5.32 Å². The second kappa shape index (κ2) is 5.04. The number of hydrogen-bond donors (Lipinski definition) is 1. The van der Waals surface area contributed by atoms with Crippen molar-refractivity contribution in [3.8, 4) is 6.07 Å².